The summed E-state index contributed by atoms with van der Waals surface area (Å²) in [4.78, 5) is 14.7. The van der Waals surface area contributed by atoms with E-state index in [4.69, 9.17) is 19.4 Å². The fraction of sp³-hybridized carbons (Fsp3) is 0.462. The van der Waals surface area contributed by atoms with Gasteiger partial charge in [0.25, 0.3) is 0 Å². The van der Waals surface area contributed by atoms with Crippen LogP contribution in [-0.4, -0.2) is 62.6 Å². The van der Waals surface area contributed by atoms with E-state index in [9.17, 15) is 0 Å². The summed E-state index contributed by atoms with van der Waals surface area (Å²) in [6.07, 6.45) is 8.83. The molecule has 2 saturated heterocycles. The highest BCUT2D eigenvalue weighted by Crippen LogP contribution is 2.34. The standard InChI is InChI=1S/C26H32N4O2/c1-3-20(22-8-4-6-21-7-5-9-23(21)22)18-24-19(2)27-26(30-12-16-32-17-13-30)28-25(24)29-10-14-31-15-11-29/h4-6,8-9,18H,3,7,10-17H2,1-2H3/b20-18+. The summed E-state index contributed by atoms with van der Waals surface area (Å²) in [5.41, 5.74) is 7.57. The Morgan fingerprint density at radius 2 is 1.72 bits per heavy atom. The first-order chi connectivity index (χ1) is 15.7. The van der Waals surface area contributed by atoms with Crippen LogP contribution in [0, 0.1) is 6.92 Å². The molecule has 6 heteroatoms. The lowest BCUT2D eigenvalue weighted by molar-refractivity contribution is 0.121. The molecule has 0 unspecified atom stereocenters. The molecule has 0 saturated carbocycles. The maximum atomic E-state index is 5.62. The van der Waals surface area contributed by atoms with Gasteiger partial charge >= 0.3 is 0 Å². The van der Waals surface area contributed by atoms with Gasteiger partial charge in [0.05, 0.1) is 32.1 Å². The summed E-state index contributed by atoms with van der Waals surface area (Å²) in [6, 6.07) is 6.66. The van der Waals surface area contributed by atoms with E-state index < -0.39 is 0 Å². The molecular formula is C26H32N4O2. The zero-order valence-electron chi connectivity index (χ0n) is 19.1. The van der Waals surface area contributed by atoms with Gasteiger partial charge in [0, 0.05) is 31.7 Å². The number of fused-ring (bicyclic) bond motifs is 1. The van der Waals surface area contributed by atoms with Crippen molar-refractivity contribution in [3.05, 3.63) is 52.2 Å². The van der Waals surface area contributed by atoms with Crippen molar-refractivity contribution in [3.8, 4) is 0 Å². The molecule has 3 heterocycles. The number of benzene rings is 1. The van der Waals surface area contributed by atoms with E-state index >= 15 is 0 Å². The molecule has 0 radical (unpaired) electrons. The highest BCUT2D eigenvalue weighted by Gasteiger charge is 2.23. The number of nitrogens with zero attached hydrogens (tertiary/aromatic N) is 4. The van der Waals surface area contributed by atoms with Crippen LogP contribution in [0.4, 0.5) is 11.8 Å². The Balaban J connectivity index is 1.60. The van der Waals surface area contributed by atoms with Gasteiger partial charge in [0.15, 0.2) is 0 Å². The van der Waals surface area contributed by atoms with E-state index in [0.29, 0.717) is 0 Å². The van der Waals surface area contributed by atoms with Crippen LogP contribution in [0.25, 0.3) is 17.7 Å². The molecule has 2 aliphatic heterocycles. The lowest BCUT2D eigenvalue weighted by atomic mass is 9.93. The van der Waals surface area contributed by atoms with E-state index in [0.717, 1.165) is 88.5 Å². The second-order valence-electron chi connectivity index (χ2n) is 8.55. The third kappa shape index (κ3) is 4.17. The largest absolute Gasteiger partial charge is 0.378 e. The monoisotopic (exact) mass is 432 g/mol. The van der Waals surface area contributed by atoms with Gasteiger partial charge in [-0.15, -0.1) is 0 Å². The Morgan fingerprint density at radius 1 is 1.00 bits per heavy atom. The molecule has 0 atom stereocenters. The fourth-order valence-corrected chi connectivity index (χ4v) is 4.76. The summed E-state index contributed by atoms with van der Waals surface area (Å²) in [6.45, 7) is 10.6. The van der Waals surface area contributed by atoms with E-state index in [1.807, 2.05) is 0 Å². The molecular weight excluding hydrogens is 400 g/mol. The summed E-state index contributed by atoms with van der Waals surface area (Å²) >= 11 is 0. The molecule has 0 bridgehead atoms. The van der Waals surface area contributed by atoms with Gasteiger partial charge in [-0.1, -0.05) is 37.3 Å². The number of rotatable bonds is 5. The van der Waals surface area contributed by atoms with E-state index in [-0.39, 0.29) is 0 Å². The smallest absolute Gasteiger partial charge is 0.227 e. The Labute approximate surface area is 190 Å². The van der Waals surface area contributed by atoms with Crippen molar-refractivity contribution in [3.63, 3.8) is 0 Å². The number of aromatic nitrogens is 2. The van der Waals surface area contributed by atoms with Crippen LogP contribution in [0.3, 0.4) is 0 Å². The van der Waals surface area contributed by atoms with Gasteiger partial charge in [-0.3, -0.25) is 0 Å². The topological polar surface area (TPSA) is 50.7 Å². The minimum absolute atomic E-state index is 0.726. The molecule has 1 aromatic carbocycles. The number of morpholine rings is 2. The molecule has 0 amide bonds. The number of hydrogen-bond donors (Lipinski definition) is 0. The summed E-state index contributed by atoms with van der Waals surface area (Å²) in [5, 5.41) is 0. The zero-order chi connectivity index (χ0) is 21.9. The fourth-order valence-electron chi connectivity index (χ4n) is 4.76. The number of allylic oxidation sites excluding steroid dienone is 2. The summed E-state index contributed by atoms with van der Waals surface area (Å²) in [5.74, 6) is 1.84. The number of ether oxygens (including phenoxy) is 2. The molecule has 2 fully saturated rings. The summed E-state index contributed by atoms with van der Waals surface area (Å²) in [7, 11) is 0. The van der Waals surface area contributed by atoms with Gasteiger partial charge in [0.2, 0.25) is 5.95 Å². The third-order valence-electron chi connectivity index (χ3n) is 6.57. The highest BCUT2D eigenvalue weighted by atomic mass is 16.5. The highest BCUT2D eigenvalue weighted by molar-refractivity contribution is 5.89. The van der Waals surface area contributed by atoms with Gasteiger partial charge < -0.3 is 19.3 Å². The lowest BCUT2D eigenvalue weighted by Gasteiger charge is -2.32. The van der Waals surface area contributed by atoms with Crippen LogP contribution in [0.2, 0.25) is 0 Å². The third-order valence-corrected chi connectivity index (χ3v) is 6.57. The van der Waals surface area contributed by atoms with Crippen molar-refractivity contribution in [2.24, 2.45) is 0 Å². The van der Waals surface area contributed by atoms with Crippen LogP contribution in [0.15, 0.2) is 24.3 Å². The van der Waals surface area contributed by atoms with Gasteiger partial charge in [-0.05, 0) is 48.1 Å². The maximum Gasteiger partial charge on any atom is 0.227 e. The Morgan fingerprint density at radius 3 is 2.44 bits per heavy atom. The van der Waals surface area contributed by atoms with Crippen LogP contribution in [-0.2, 0) is 15.9 Å². The predicted molar refractivity (Wildman–Crippen MR) is 130 cm³/mol. The normalized spacial score (nSPS) is 18.9. The van der Waals surface area contributed by atoms with E-state index in [1.54, 1.807) is 0 Å². The minimum atomic E-state index is 0.726. The van der Waals surface area contributed by atoms with Crippen molar-refractivity contribution in [1.82, 2.24) is 9.97 Å². The Kier molecular flexibility index (Phi) is 6.23. The second-order valence-corrected chi connectivity index (χ2v) is 8.55. The minimum Gasteiger partial charge on any atom is -0.378 e. The molecule has 0 N–H and O–H groups in total. The van der Waals surface area contributed by atoms with Crippen LogP contribution >= 0.6 is 0 Å². The van der Waals surface area contributed by atoms with E-state index in [1.165, 1.54) is 22.3 Å². The van der Waals surface area contributed by atoms with Crippen molar-refractivity contribution in [2.45, 2.75) is 26.7 Å². The molecule has 168 valence electrons. The van der Waals surface area contributed by atoms with Crippen molar-refractivity contribution >= 4 is 29.5 Å². The Hall–Kier alpha value is -2.70. The molecule has 3 aliphatic rings. The van der Waals surface area contributed by atoms with Crippen molar-refractivity contribution < 1.29 is 9.47 Å². The first-order valence-corrected chi connectivity index (χ1v) is 11.8. The first-order valence-electron chi connectivity index (χ1n) is 11.8. The molecule has 0 spiro atoms. The zero-order valence-corrected chi connectivity index (χ0v) is 19.1. The lowest BCUT2D eigenvalue weighted by Crippen LogP contribution is -2.40. The van der Waals surface area contributed by atoms with Crippen molar-refractivity contribution in [1.29, 1.82) is 0 Å². The quantitative estimate of drug-likeness (QED) is 0.712. The molecule has 1 aromatic heterocycles. The molecule has 2 aromatic rings. The molecule has 32 heavy (non-hydrogen) atoms. The van der Waals surface area contributed by atoms with Gasteiger partial charge in [0.1, 0.15) is 5.82 Å². The SMILES string of the molecule is CC/C(=C\c1c(C)nc(N2CCOCC2)nc1N1CCOCC1)c1cccc2c1C=CC2. The number of hydrogen-bond acceptors (Lipinski definition) is 6. The summed E-state index contributed by atoms with van der Waals surface area (Å²) < 4.78 is 11.2. The predicted octanol–water partition coefficient (Wildman–Crippen LogP) is 3.98. The van der Waals surface area contributed by atoms with Crippen molar-refractivity contribution in [2.75, 3.05) is 62.4 Å². The molecule has 1 aliphatic carbocycles. The van der Waals surface area contributed by atoms with Crippen LogP contribution < -0.4 is 9.80 Å². The van der Waals surface area contributed by atoms with Crippen LogP contribution in [0.5, 0.6) is 0 Å². The van der Waals surface area contributed by atoms with E-state index in [2.05, 4.69) is 60.1 Å². The van der Waals surface area contributed by atoms with Gasteiger partial charge in [-0.2, -0.15) is 4.98 Å². The second kappa shape index (κ2) is 9.43. The number of aryl methyl sites for hydroxylation is 1. The number of anilines is 2. The average Bonchev–Trinajstić information content (AvgIpc) is 3.33. The molecule has 6 nitrogen and oxygen atoms in total. The average molecular weight is 433 g/mol. The Bertz CT molecular complexity index is 1030. The van der Waals surface area contributed by atoms with Crippen LogP contribution in [0.1, 0.15) is 41.3 Å². The first kappa shape index (κ1) is 21.2. The maximum absolute atomic E-state index is 5.62. The van der Waals surface area contributed by atoms with Gasteiger partial charge in [-0.25, -0.2) is 4.98 Å². The molecule has 5 rings (SSSR count).